The number of ether oxygens (including phenoxy) is 1. The summed E-state index contributed by atoms with van der Waals surface area (Å²) in [4.78, 5) is 0. The Morgan fingerprint density at radius 3 is 2.55 bits per heavy atom. The maximum Gasteiger partial charge on any atom is 0.135 e. The first kappa shape index (κ1) is 8.87. The molecule has 0 radical (unpaired) electrons. The van der Waals surface area contributed by atoms with Crippen molar-refractivity contribution >= 4 is 37.5 Å². The summed E-state index contributed by atoms with van der Waals surface area (Å²) in [5.74, 6) is 0.741. The molecule has 0 spiro atoms. The van der Waals surface area contributed by atoms with Crippen molar-refractivity contribution in [3.05, 3.63) is 21.1 Å². The molecule has 0 bridgehead atoms. The molecule has 0 heterocycles. The van der Waals surface area contributed by atoms with Crippen molar-refractivity contribution in [3.63, 3.8) is 0 Å². The molecule has 0 aromatic heterocycles. The lowest BCUT2D eigenvalue weighted by atomic mass is 10.3. The molecule has 11 heavy (non-hydrogen) atoms. The molecule has 0 fully saturated rings. The van der Waals surface area contributed by atoms with Crippen LogP contribution in [0.15, 0.2) is 21.1 Å². The minimum absolute atomic E-state index is 0.657. The van der Waals surface area contributed by atoms with E-state index < -0.39 is 0 Å². The zero-order valence-electron chi connectivity index (χ0n) is 5.90. The second kappa shape index (κ2) is 3.45. The molecule has 0 unspecified atom stereocenters. The predicted molar refractivity (Wildman–Crippen MR) is 52.8 cm³/mol. The second-order valence-electron chi connectivity index (χ2n) is 1.98. The van der Waals surface area contributed by atoms with Crippen LogP contribution in [0, 0.1) is 0 Å². The first-order valence-electron chi connectivity index (χ1n) is 2.94. The molecule has 0 atom stereocenters. The Balaban J connectivity index is 3.25. The van der Waals surface area contributed by atoms with Crippen LogP contribution < -0.4 is 10.5 Å². The molecule has 0 aliphatic heterocycles. The molecule has 0 aliphatic carbocycles. The third-order valence-electron chi connectivity index (χ3n) is 1.31. The lowest BCUT2D eigenvalue weighted by molar-refractivity contribution is 0.412. The van der Waals surface area contributed by atoms with Crippen LogP contribution in [0.3, 0.4) is 0 Å². The van der Waals surface area contributed by atoms with Gasteiger partial charge in [-0.15, -0.1) is 0 Å². The van der Waals surface area contributed by atoms with Crippen molar-refractivity contribution < 1.29 is 4.74 Å². The molecule has 2 N–H and O–H groups in total. The van der Waals surface area contributed by atoms with Crippen molar-refractivity contribution in [3.8, 4) is 5.75 Å². The highest BCUT2D eigenvalue weighted by molar-refractivity contribution is 9.11. The number of nitrogens with two attached hydrogens (primary N) is 1. The van der Waals surface area contributed by atoms with Gasteiger partial charge in [-0.3, -0.25) is 0 Å². The summed E-state index contributed by atoms with van der Waals surface area (Å²) in [6, 6.07) is 3.68. The Kier molecular flexibility index (Phi) is 2.78. The maximum absolute atomic E-state index is 5.68. The van der Waals surface area contributed by atoms with Gasteiger partial charge in [-0.1, -0.05) is 0 Å². The van der Waals surface area contributed by atoms with Crippen molar-refractivity contribution in [1.82, 2.24) is 0 Å². The van der Waals surface area contributed by atoms with Gasteiger partial charge in [0.1, 0.15) is 5.75 Å². The first-order chi connectivity index (χ1) is 5.16. The number of methoxy groups -OCH3 is 1. The topological polar surface area (TPSA) is 35.2 Å². The highest BCUT2D eigenvalue weighted by Gasteiger charge is 2.05. The highest BCUT2D eigenvalue weighted by atomic mass is 79.9. The molecule has 0 amide bonds. The third kappa shape index (κ3) is 1.68. The SMILES string of the molecule is COc1ccc(Br)c(N)c1Br. The maximum atomic E-state index is 5.68. The fraction of sp³-hybridized carbons (Fsp3) is 0.143. The van der Waals surface area contributed by atoms with Gasteiger partial charge in [-0.2, -0.15) is 0 Å². The number of benzene rings is 1. The largest absolute Gasteiger partial charge is 0.495 e. The van der Waals surface area contributed by atoms with E-state index in [0.29, 0.717) is 5.69 Å². The Morgan fingerprint density at radius 2 is 2.00 bits per heavy atom. The van der Waals surface area contributed by atoms with Gasteiger partial charge >= 0.3 is 0 Å². The summed E-state index contributed by atoms with van der Waals surface area (Å²) < 4.78 is 6.69. The van der Waals surface area contributed by atoms with Crippen LogP contribution in [0.2, 0.25) is 0 Å². The van der Waals surface area contributed by atoms with E-state index in [0.717, 1.165) is 14.7 Å². The van der Waals surface area contributed by atoms with E-state index in [1.165, 1.54) is 0 Å². The van der Waals surface area contributed by atoms with Crippen molar-refractivity contribution in [2.75, 3.05) is 12.8 Å². The zero-order valence-corrected chi connectivity index (χ0v) is 9.07. The summed E-state index contributed by atoms with van der Waals surface area (Å²) in [5, 5.41) is 0. The van der Waals surface area contributed by atoms with E-state index >= 15 is 0 Å². The van der Waals surface area contributed by atoms with E-state index in [4.69, 9.17) is 10.5 Å². The molecule has 4 heteroatoms. The predicted octanol–water partition coefficient (Wildman–Crippen LogP) is 2.80. The average molecular weight is 281 g/mol. The van der Waals surface area contributed by atoms with E-state index in [1.807, 2.05) is 12.1 Å². The Hall–Kier alpha value is -0.220. The van der Waals surface area contributed by atoms with Crippen molar-refractivity contribution in [2.24, 2.45) is 0 Å². The molecule has 0 saturated carbocycles. The van der Waals surface area contributed by atoms with Gasteiger partial charge in [-0.05, 0) is 44.0 Å². The molecule has 2 nitrogen and oxygen atoms in total. The molecule has 0 aliphatic rings. The van der Waals surface area contributed by atoms with Gasteiger partial charge in [0.05, 0.1) is 17.3 Å². The second-order valence-corrected chi connectivity index (χ2v) is 3.62. The zero-order chi connectivity index (χ0) is 8.43. The summed E-state index contributed by atoms with van der Waals surface area (Å²) in [6.07, 6.45) is 0. The van der Waals surface area contributed by atoms with Gasteiger partial charge in [0.25, 0.3) is 0 Å². The van der Waals surface area contributed by atoms with Crippen molar-refractivity contribution in [2.45, 2.75) is 0 Å². The molecule has 1 rings (SSSR count). The van der Waals surface area contributed by atoms with Crippen LogP contribution in [0.5, 0.6) is 5.75 Å². The number of anilines is 1. The Labute approximate surface area is 82.0 Å². The monoisotopic (exact) mass is 279 g/mol. The first-order valence-corrected chi connectivity index (χ1v) is 4.53. The van der Waals surface area contributed by atoms with Gasteiger partial charge in [0, 0.05) is 4.47 Å². The van der Waals surface area contributed by atoms with Crippen LogP contribution in [0.25, 0.3) is 0 Å². The lowest BCUT2D eigenvalue weighted by Gasteiger charge is -2.06. The number of halogens is 2. The smallest absolute Gasteiger partial charge is 0.135 e. The normalized spacial score (nSPS) is 9.73. The standard InChI is InChI=1S/C7H7Br2NO/c1-11-5-3-2-4(8)7(10)6(5)9/h2-3H,10H2,1H3. The van der Waals surface area contributed by atoms with Crippen LogP contribution in [0.4, 0.5) is 5.69 Å². The molecular formula is C7H7Br2NO. The van der Waals surface area contributed by atoms with Crippen LogP contribution in [-0.2, 0) is 0 Å². The fourth-order valence-corrected chi connectivity index (χ4v) is 1.81. The highest BCUT2D eigenvalue weighted by Crippen LogP contribution is 2.35. The number of hydrogen-bond donors (Lipinski definition) is 1. The van der Waals surface area contributed by atoms with Gasteiger partial charge in [-0.25, -0.2) is 0 Å². The number of rotatable bonds is 1. The van der Waals surface area contributed by atoms with E-state index in [1.54, 1.807) is 7.11 Å². The molecular weight excluding hydrogens is 274 g/mol. The van der Waals surface area contributed by atoms with E-state index in [2.05, 4.69) is 31.9 Å². The molecule has 0 saturated heterocycles. The van der Waals surface area contributed by atoms with Gasteiger partial charge in [0.15, 0.2) is 0 Å². The van der Waals surface area contributed by atoms with E-state index in [9.17, 15) is 0 Å². The summed E-state index contributed by atoms with van der Waals surface area (Å²) >= 11 is 6.61. The Bertz CT molecular complexity index is 275. The molecule has 1 aromatic carbocycles. The minimum Gasteiger partial charge on any atom is -0.495 e. The number of hydrogen-bond acceptors (Lipinski definition) is 2. The van der Waals surface area contributed by atoms with Gasteiger partial charge in [0.2, 0.25) is 0 Å². The fourth-order valence-electron chi connectivity index (χ4n) is 0.707. The molecule has 60 valence electrons. The van der Waals surface area contributed by atoms with Crippen LogP contribution >= 0.6 is 31.9 Å². The van der Waals surface area contributed by atoms with E-state index in [-0.39, 0.29) is 0 Å². The lowest BCUT2D eigenvalue weighted by Crippen LogP contribution is -1.91. The van der Waals surface area contributed by atoms with Crippen molar-refractivity contribution in [1.29, 1.82) is 0 Å². The minimum atomic E-state index is 0.657. The van der Waals surface area contributed by atoms with Crippen LogP contribution in [0.1, 0.15) is 0 Å². The Morgan fingerprint density at radius 1 is 1.36 bits per heavy atom. The quantitative estimate of drug-likeness (QED) is 0.803. The third-order valence-corrected chi connectivity index (χ3v) is 2.82. The molecule has 1 aromatic rings. The average Bonchev–Trinajstić information content (AvgIpc) is 2.01. The summed E-state index contributed by atoms with van der Waals surface area (Å²) in [5.41, 5.74) is 6.34. The van der Waals surface area contributed by atoms with Gasteiger partial charge < -0.3 is 10.5 Å². The number of nitrogen functional groups attached to an aromatic ring is 1. The summed E-state index contributed by atoms with van der Waals surface area (Å²) in [7, 11) is 1.60. The summed E-state index contributed by atoms with van der Waals surface area (Å²) in [6.45, 7) is 0. The van der Waals surface area contributed by atoms with Crippen LogP contribution in [-0.4, -0.2) is 7.11 Å².